The van der Waals surface area contributed by atoms with E-state index in [-0.39, 0.29) is 17.9 Å². The molecule has 0 unspecified atom stereocenters. The van der Waals surface area contributed by atoms with Crippen LogP contribution in [-0.4, -0.2) is 32.1 Å². The molecule has 26 heavy (non-hydrogen) atoms. The average Bonchev–Trinajstić information content (AvgIpc) is 3.18. The number of hydrogen-bond donors (Lipinski definition) is 1. The van der Waals surface area contributed by atoms with E-state index in [2.05, 4.69) is 20.2 Å². The van der Waals surface area contributed by atoms with E-state index in [1.54, 1.807) is 17.3 Å². The third-order valence-corrected chi connectivity index (χ3v) is 5.47. The van der Waals surface area contributed by atoms with Crippen LogP contribution in [0.1, 0.15) is 12.0 Å². The maximum absolute atomic E-state index is 13.0. The van der Waals surface area contributed by atoms with Crippen molar-refractivity contribution in [3.63, 3.8) is 0 Å². The summed E-state index contributed by atoms with van der Waals surface area (Å²) in [6, 6.07) is 11.7. The minimum Gasteiger partial charge on any atom is -0.277 e. The van der Waals surface area contributed by atoms with Gasteiger partial charge in [-0.3, -0.25) is 14.7 Å². The highest BCUT2D eigenvalue weighted by Crippen LogP contribution is 2.51. The molecule has 0 radical (unpaired) electrons. The van der Waals surface area contributed by atoms with Crippen molar-refractivity contribution in [3.8, 4) is 11.4 Å². The zero-order chi connectivity index (χ0) is 17.7. The highest BCUT2D eigenvalue weighted by atomic mass is 35.5. The summed E-state index contributed by atoms with van der Waals surface area (Å²) in [6.07, 6.45) is 5.16. The van der Waals surface area contributed by atoms with Crippen molar-refractivity contribution in [3.05, 3.63) is 59.4 Å². The van der Waals surface area contributed by atoms with Crippen LogP contribution in [0.3, 0.4) is 0 Å². The molecule has 6 nitrogen and oxygen atoms in total. The second-order valence-corrected chi connectivity index (χ2v) is 7.27. The van der Waals surface area contributed by atoms with E-state index in [0.29, 0.717) is 22.7 Å². The van der Waals surface area contributed by atoms with Gasteiger partial charge in [0.1, 0.15) is 0 Å². The van der Waals surface area contributed by atoms with Gasteiger partial charge in [-0.1, -0.05) is 23.7 Å². The van der Waals surface area contributed by atoms with Crippen molar-refractivity contribution in [2.45, 2.75) is 18.9 Å². The number of rotatable bonds is 4. The van der Waals surface area contributed by atoms with E-state index in [1.807, 2.05) is 36.4 Å². The number of halogens is 1. The van der Waals surface area contributed by atoms with Crippen molar-refractivity contribution in [2.75, 3.05) is 4.90 Å². The first kappa shape index (κ1) is 15.5. The average molecular weight is 366 g/mol. The summed E-state index contributed by atoms with van der Waals surface area (Å²) >= 11 is 5.95. The molecule has 1 aromatic carbocycles. The first-order valence-electron chi connectivity index (χ1n) is 8.61. The number of fused-ring (bicyclic) bond motifs is 1. The van der Waals surface area contributed by atoms with Gasteiger partial charge in [0.25, 0.3) is 0 Å². The predicted molar refractivity (Wildman–Crippen MR) is 97.6 cm³/mol. The SMILES string of the molecule is O=C1[C@H](Cc2ccc(Cl)cc2)[C@@H]2C[C@@H]2N1c1nc(-c2ccncc2)n[nH]1. The van der Waals surface area contributed by atoms with Crippen molar-refractivity contribution >= 4 is 23.5 Å². The Hall–Kier alpha value is -2.73. The molecule has 1 saturated heterocycles. The van der Waals surface area contributed by atoms with E-state index < -0.39 is 0 Å². The Labute approximate surface area is 155 Å². The van der Waals surface area contributed by atoms with Crippen LogP contribution >= 0.6 is 11.6 Å². The molecule has 0 bridgehead atoms. The lowest BCUT2D eigenvalue weighted by Crippen LogP contribution is -2.33. The number of carbonyl (C=O) groups is 1. The number of piperidine rings is 1. The summed E-state index contributed by atoms with van der Waals surface area (Å²) < 4.78 is 0. The first-order valence-corrected chi connectivity index (χ1v) is 8.99. The minimum atomic E-state index is -0.00403. The Kier molecular flexibility index (Phi) is 3.53. The van der Waals surface area contributed by atoms with Gasteiger partial charge in [-0.2, -0.15) is 10.1 Å². The number of aromatic amines is 1. The van der Waals surface area contributed by atoms with Crippen molar-refractivity contribution in [1.82, 2.24) is 20.2 Å². The standard InChI is InChI=1S/C19H16ClN5O/c20-13-3-1-11(2-4-13)9-15-14-10-16(14)25(18(15)26)19-22-17(23-24-19)12-5-7-21-8-6-12/h1-8,14-16H,9-10H2,(H,22,23,24)/t14-,15+,16-/m0/s1. The Bertz CT molecular complexity index is 956. The van der Waals surface area contributed by atoms with Crippen LogP contribution < -0.4 is 4.90 Å². The molecule has 2 aliphatic rings. The first-order chi connectivity index (χ1) is 12.7. The number of hydrogen-bond acceptors (Lipinski definition) is 4. The van der Waals surface area contributed by atoms with Gasteiger partial charge in [0, 0.05) is 34.9 Å². The van der Waals surface area contributed by atoms with E-state index in [4.69, 9.17) is 11.6 Å². The number of nitrogens with one attached hydrogen (secondary N) is 1. The summed E-state index contributed by atoms with van der Waals surface area (Å²) in [4.78, 5) is 23.3. The maximum atomic E-state index is 13.0. The molecule has 5 rings (SSSR count). The molecule has 1 saturated carbocycles. The number of H-pyrrole nitrogens is 1. The Morgan fingerprint density at radius 2 is 1.92 bits per heavy atom. The molecule has 3 aromatic rings. The third kappa shape index (κ3) is 2.57. The third-order valence-electron chi connectivity index (χ3n) is 5.22. The molecule has 0 spiro atoms. The lowest BCUT2D eigenvalue weighted by atomic mass is 9.95. The molecule has 1 aliphatic heterocycles. The molecular weight excluding hydrogens is 350 g/mol. The van der Waals surface area contributed by atoms with Gasteiger partial charge in [-0.25, -0.2) is 5.10 Å². The van der Waals surface area contributed by atoms with Gasteiger partial charge < -0.3 is 0 Å². The number of benzene rings is 1. The van der Waals surface area contributed by atoms with Crippen LogP contribution in [0.5, 0.6) is 0 Å². The molecule has 2 fully saturated rings. The summed E-state index contributed by atoms with van der Waals surface area (Å²) in [5.41, 5.74) is 2.01. The van der Waals surface area contributed by atoms with Gasteiger partial charge in [0.15, 0.2) is 5.82 Å². The molecule has 1 amide bonds. The smallest absolute Gasteiger partial charge is 0.233 e. The van der Waals surface area contributed by atoms with Crippen LogP contribution in [0.4, 0.5) is 5.95 Å². The fourth-order valence-corrected chi connectivity index (χ4v) is 3.95. The van der Waals surface area contributed by atoms with Gasteiger partial charge in [-0.15, -0.1) is 0 Å². The lowest BCUT2D eigenvalue weighted by Gasteiger charge is -2.17. The van der Waals surface area contributed by atoms with Gasteiger partial charge in [-0.05, 0) is 48.6 Å². The quantitative estimate of drug-likeness (QED) is 0.770. The van der Waals surface area contributed by atoms with Crippen LogP contribution in [0.2, 0.25) is 5.02 Å². The highest BCUT2D eigenvalue weighted by Gasteiger charge is 2.59. The molecule has 130 valence electrons. The Morgan fingerprint density at radius 1 is 1.15 bits per heavy atom. The number of amides is 1. The van der Waals surface area contributed by atoms with Crippen LogP contribution in [0.25, 0.3) is 11.4 Å². The van der Waals surface area contributed by atoms with Crippen molar-refractivity contribution in [1.29, 1.82) is 0 Å². The Balaban J connectivity index is 1.37. The largest absolute Gasteiger partial charge is 0.277 e. The number of pyridine rings is 1. The summed E-state index contributed by atoms with van der Waals surface area (Å²) in [5, 5.41) is 7.91. The monoisotopic (exact) mass is 365 g/mol. The summed E-state index contributed by atoms with van der Waals surface area (Å²) in [5.74, 6) is 1.63. The van der Waals surface area contributed by atoms with E-state index in [1.165, 1.54) is 0 Å². The molecule has 1 aliphatic carbocycles. The molecule has 3 heterocycles. The second-order valence-electron chi connectivity index (χ2n) is 6.83. The van der Waals surface area contributed by atoms with Crippen LogP contribution in [0.15, 0.2) is 48.8 Å². The van der Waals surface area contributed by atoms with E-state index in [0.717, 1.165) is 24.0 Å². The van der Waals surface area contributed by atoms with Gasteiger partial charge in [0.05, 0.1) is 0 Å². The van der Waals surface area contributed by atoms with Crippen LogP contribution in [-0.2, 0) is 11.2 Å². The highest BCUT2D eigenvalue weighted by molar-refractivity contribution is 6.30. The Morgan fingerprint density at radius 3 is 2.69 bits per heavy atom. The van der Waals surface area contributed by atoms with E-state index in [9.17, 15) is 4.79 Å². The van der Waals surface area contributed by atoms with E-state index >= 15 is 0 Å². The van der Waals surface area contributed by atoms with Crippen LogP contribution in [0, 0.1) is 11.8 Å². The van der Waals surface area contributed by atoms with Crippen molar-refractivity contribution < 1.29 is 4.79 Å². The predicted octanol–water partition coefficient (Wildman–Crippen LogP) is 3.11. The molecule has 3 atom stereocenters. The number of carbonyl (C=O) groups excluding carboxylic acids is 1. The van der Waals surface area contributed by atoms with Gasteiger partial charge in [0.2, 0.25) is 11.9 Å². The topological polar surface area (TPSA) is 74.8 Å². The number of anilines is 1. The van der Waals surface area contributed by atoms with Gasteiger partial charge >= 0.3 is 0 Å². The molecule has 2 aromatic heterocycles. The fourth-order valence-electron chi connectivity index (χ4n) is 3.82. The number of aromatic nitrogens is 4. The fraction of sp³-hybridized carbons (Fsp3) is 0.263. The molecule has 7 heteroatoms. The normalized spacial score (nSPS) is 24.0. The molecule has 1 N–H and O–H groups in total. The minimum absolute atomic E-state index is 0.00403. The zero-order valence-electron chi connectivity index (χ0n) is 13.8. The lowest BCUT2D eigenvalue weighted by molar-refractivity contribution is -0.121. The number of nitrogens with zero attached hydrogens (tertiary/aromatic N) is 4. The molecular formula is C19H16ClN5O. The summed E-state index contributed by atoms with van der Waals surface area (Å²) in [7, 11) is 0. The second kappa shape index (κ2) is 5.92. The zero-order valence-corrected chi connectivity index (χ0v) is 14.6. The maximum Gasteiger partial charge on any atom is 0.233 e. The van der Waals surface area contributed by atoms with Crippen molar-refractivity contribution in [2.24, 2.45) is 11.8 Å². The summed E-state index contributed by atoms with van der Waals surface area (Å²) in [6.45, 7) is 0.